The third-order valence-corrected chi connectivity index (χ3v) is 2.77. The molecule has 1 aromatic carbocycles. The molecule has 21 heavy (non-hydrogen) atoms. The molecule has 1 aromatic rings. The molecule has 0 spiro atoms. The zero-order chi connectivity index (χ0) is 16.0. The van der Waals surface area contributed by atoms with Crippen LogP contribution >= 0.6 is 0 Å². The third kappa shape index (κ3) is 6.01. The minimum atomic E-state index is -4.37. The van der Waals surface area contributed by atoms with Crippen molar-refractivity contribution in [2.24, 2.45) is 0 Å². The largest absolute Gasteiger partial charge is 0.491 e. The van der Waals surface area contributed by atoms with Gasteiger partial charge in [-0.3, -0.25) is 4.79 Å². The van der Waals surface area contributed by atoms with Gasteiger partial charge in [0.2, 0.25) is 5.91 Å². The van der Waals surface area contributed by atoms with Gasteiger partial charge >= 0.3 is 6.18 Å². The first-order valence-corrected chi connectivity index (χ1v) is 6.51. The third-order valence-electron chi connectivity index (χ3n) is 2.77. The second kappa shape index (κ2) is 7.28. The van der Waals surface area contributed by atoms with Gasteiger partial charge < -0.3 is 10.1 Å². The number of halogens is 4. The van der Waals surface area contributed by atoms with Crippen molar-refractivity contribution in [2.45, 2.75) is 38.9 Å². The Labute approximate surface area is 120 Å². The minimum absolute atomic E-state index is 0.0943. The van der Waals surface area contributed by atoms with E-state index >= 15 is 0 Å². The van der Waals surface area contributed by atoms with Crippen LogP contribution < -0.4 is 10.1 Å². The van der Waals surface area contributed by atoms with E-state index < -0.39 is 36.8 Å². The molecule has 0 radical (unpaired) electrons. The van der Waals surface area contributed by atoms with Crippen LogP contribution in [0.4, 0.5) is 17.6 Å². The van der Waals surface area contributed by atoms with Crippen molar-refractivity contribution in [3.8, 4) is 5.75 Å². The van der Waals surface area contributed by atoms with Gasteiger partial charge in [-0.15, -0.1) is 0 Å². The van der Waals surface area contributed by atoms with Gasteiger partial charge in [-0.1, -0.05) is 6.07 Å². The molecule has 0 saturated heterocycles. The summed E-state index contributed by atoms with van der Waals surface area (Å²) in [7, 11) is 0. The molecule has 0 aliphatic heterocycles. The lowest BCUT2D eigenvalue weighted by molar-refractivity contribution is -0.144. The summed E-state index contributed by atoms with van der Waals surface area (Å²) >= 11 is 0. The first kappa shape index (κ1) is 17.3. The van der Waals surface area contributed by atoms with E-state index in [9.17, 15) is 22.4 Å². The highest BCUT2D eigenvalue weighted by Gasteiger charge is 2.28. The highest BCUT2D eigenvalue weighted by molar-refractivity contribution is 5.76. The Morgan fingerprint density at radius 2 is 2.05 bits per heavy atom. The zero-order valence-electron chi connectivity index (χ0n) is 11.8. The number of nitrogens with one attached hydrogen (secondary N) is 1. The van der Waals surface area contributed by atoms with Crippen molar-refractivity contribution in [1.82, 2.24) is 5.32 Å². The van der Waals surface area contributed by atoms with E-state index in [1.165, 1.54) is 12.1 Å². The van der Waals surface area contributed by atoms with E-state index in [0.717, 1.165) is 0 Å². The van der Waals surface area contributed by atoms with Crippen LogP contribution in [-0.2, 0) is 4.79 Å². The molecule has 7 heteroatoms. The Bertz CT molecular complexity index is 488. The summed E-state index contributed by atoms with van der Waals surface area (Å²) in [6.07, 6.45) is -6.19. The second-order valence-corrected chi connectivity index (χ2v) is 4.53. The summed E-state index contributed by atoms with van der Waals surface area (Å²) in [5, 5.41) is 2.40. The van der Waals surface area contributed by atoms with Gasteiger partial charge in [0.1, 0.15) is 0 Å². The molecular formula is C14H17F4NO2. The SMILES string of the molecule is CCOc1ccc([C@@H](C)NC(=O)CCC(F)(F)F)cc1F. The number of carbonyl (C=O) groups is 1. The van der Waals surface area contributed by atoms with Crippen molar-refractivity contribution >= 4 is 5.91 Å². The van der Waals surface area contributed by atoms with E-state index in [4.69, 9.17) is 4.74 Å². The van der Waals surface area contributed by atoms with Crippen LogP contribution in [0, 0.1) is 5.82 Å². The minimum Gasteiger partial charge on any atom is -0.491 e. The fourth-order valence-corrected chi connectivity index (χ4v) is 1.71. The molecule has 0 fully saturated rings. The summed E-state index contributed by atoms with van der Waals surface area (Å²) in [4.78, 5) is 11.4. The maximum Gasteiger partial charge on any atom is 0.389 e. The smallest absolute Gasteiger partial charge is 0.389 e. The maximum absolute atomic E-state index is 13.7. The highest BCUT2D eigenvalue weighted by atomic mass is 19.4. The lowest BCUT2D eigenvalue weighted by Crippen LogP contribution is -2.27. The second-order valence-electron chi connectivity index (χ2n) is 4.53. The van der Waals surface area contributed by atoms with Gasteiger partial charge in [-0.2, -0.15) is 13.2 Å². The Kier molecular flexibility index (Phi) is 5.99. The van der Waals surface area contributed by atoms with Crippen LogP contribution in [0.1, 0.15) is 38.3 Å². The molecule has 0 bridgehead atoms. The molecule has 0 saturated carbocycles. The molecule has 3 nitrogen and oxygen atoms in total. The lowest BCUT2D eigenvalue weighted by Gasteiger charge is -2.16. The number of alkyl halides is 3. The van der Waals surface area contributed by atoms with E-state index in [1.54, 1.807) is 19.9 Å². The number of hydrogen-bond donors (Lipinski definition) is 1. The Morgan fingerprint density at radius 3 is 2.57 bits per heavy atom. The van der Waals surface area contributed by atoms with Crippen LogP contribution in [0.5, 0.6) is 5.75 Å². The molecular weight excluding hydrogens is 290 g/mol. The van der Waals surface area contributed by atoms with Crippen molar-refractivity contribution in [1.29, 1.82) is 0 Å². The van der Waals surface area contributed by atoms with Crippen LogP contribution in [0.15, 0.2) is 18.2 Å². The fraction of sp³-hybridized carbons (Fsp3) is 0.500. The maximum atomic E-state index is 13.7. The van der Waals surface area contributed by atoms with Gasteiger partial charge in [0.15, 0.2) is 11.6 Å². The van der Waals surface area contributed by atoms with Gasteiger partial charge in [-0.25, -0.2) is 4.39 Å². The Morgan fingerprint density at radius 1 is 1.38 bits per heavy atom. The van der Waals surface area contributed by atoms with E-state index in [2.05, 4.69) is 5.32 Å². The summed E-state index contributed by atoms with van der Waals surface area (Å²) in [5.41, 5.74) is 0.455. The standard InChI is InChI=1S/C14H17F4NO2/c1-3-21-12-5-4-10(8-11(12)15)9(2)19-13(20)6-7-14(16,17)18/h4-5,8-9H,3,6-7H2,1-2H3,(H,19,20)/t9-/m1/s1. The Hall–Kier alpha value is -1.79. The van der Waals surface area contributed by atoms with Crippen molar-refractivity contribution in [3.63, 3.8) is 0 Å². The van der Waals surface area contributed by atoms with Gasteiger partial charge in [0.05, 0.1) is 19.1 Å². The first-order chi connectivity index (χ1) is 9.73. The van der Waals surface area contributed by atoms with Crippen molar-refractivity contribution < 1.29 is 27.1 Å². The molecule has 0 aliphatic rings. The van der Waals surface area contributed by atoms with E-state index in [-0.39, 0.29) is 5.75 Å². The molecule has 0 unspecified atom stereocenters. The summed E-state index contributed by atoms with van der Waals surface area (Å²) in [5.74, 6) is -1.21. The molecule has 1 amide bonds. The summed E-state index contributed by atoms with van der Waals surface area (Å²) in [6, 6.07) is 3.59. The average molecular weight is 307 g/mol. The number of rotatable bonds is 6. The van der Waals surface area contributed by atoms with Gasteiger partial charge in [-0.05, 0) is 31.5 Å². The predicted molar refractivity (Wildman–Crippen MR) is 69.4 cm³/mol. The first-order valence-electron chi connectivity index (χ1n) is 6.51. The highest BCUT2D eigenvalue weighted by Crippen LogP contribution is 2.23. The average Bonchev–Trinajstić information content (AvgIpc) is 2.38. The van der Waals surface area contributed by atoms with E-state index in [0.29, 0.717) is 12.2 Å². The van der Waals surface area contributed by atoms with Crippen molar-refractivity contribution in [3.05, 3.63) is 29.6 Å². The predicted octanol–water partition coefficient (Wildman–Crippen LogP) is 3.74. The zero-order valence-corrected chi connectivity index (χ0v) is 11.8. The van der Waals surface area contributed by atoms with Crippen molar-refractivity contribution in [2.75, 3.05) is 6.61 Å². The normalized spacial score (nSPS) is 12.9. The molecule has 0 aliphatic carbocycles. The Balaban J connectivity index is 2.61. The molecule has 1 atom stereocenters. The van der Waals surface area contributed by atoms with Crippen LogP contribution in [-0.4, -0.2) is 18.7 Å². The monoisotopic (exact) mass is 307 g/mol. The number of amides is 1. The number of hydrogen-bond acceptors (Lipinski definition) is 2. The summed E-state index contributed by atoms with van der Waals surface area (Å²) < 4.78 is 54.7. The number of benzene rings is 1. The quantitative estimate of drug-likeness (QED) is 0.813. The molecule has 0 heterocycles. The van der Waals surface area contributed by atoms with E-state index in [1.807, 2.05) is 0 Å². The van der Waals surface area contributed by atoms with Gasteiger partial charge in [0.25, 0.3) is 0 Å². The van der Waals surface area contributed by atoms with Crippen LogP contribution in [0.2, 0.25) is 0 Å². The molecule has 0 aromatic heterocycles. The molecule has 1 rings (SSSR count). The number of carbonyl (C=O) groups excluding carboxylic acids is 1. The van der Waals surface area contributed by atoms with Crippen LogP contribution in [0.3, 0.4) is 0 Å². The number of ether oxygens (including phenoxy) is 1. The topological polar surface area (TPSA) is 38.3 Å². The lowest BCUT2D eigenvalue weighted by atomic mass is 10.1. The van der Waals surface area contributed by atoms with Crippen LogP contribution in [0.25, 0.3) is 0 Å². The summed E-state index contributed by atoms with van der Waals surface area (Å²) in [6.45, 7) is 3.61. The molecule has 118 valence electrons. The molecule has 1 N–H and O–H groups in total. The van der Waals surface area contributed by atoms with Gasteiger partial charge in [0, 0.05) is 6.42 Å². The fourth-order valence-electron chi connectivity index (χ4n) is 1.71.